The lowest BCUT2D eigenvalue weighted by molar-refractivity contribution is 0.438. The predicted molar refractivity (Wildman–Crippen MR) is 59.3 cm³/mol. The average molecular weight is 205 g/mol. The Morgan fingerprint density at radius 1 is 1.13 bits per heavy atom. The Labute approximate surface area is 89.7 Å². The van der Waals surface area contributed by atoms with Crippen molar-refractivity contribution in [3.8, 4) is 0 Å². The molecule has 80 valence electrons. The summed E-state index contributed by atoms with van der Waals surface area (Å²) in [4.78, 5) is 0. The highest BCUT2D eigenvalue weighted by atomic mass is 19.1. The smallest absolute Gasteiger partial charge is 0.146 e. The van der Waals surface area contributed by atoms with Gasteiger partial charge in [-0.25, -0.2) is 4.39 Å². The molecule has 0 aromatic heterocycles. The molecular weight excluding hydrogens is 189 g/mol. The first-order chi connectivity index (χ1) is 7.33. The number of rotatable bonds is 2. The van der Waals surface area contributed by atoms with Gasteiger partial charge in [0.25, 0.3) is 0 Å². The van der Waals surface area contributed by atoms with Gasteiger partial charge < -0.3 is 5.32 Å². The van der Waals surface area contributed by atoms with Crippen LogP contribution in [0, 0.1) is 17.7 Å². The molecule has 3 rings (SSSR count). The summed E-state index contributed by atoms with van der Waals surface area (Å²) in [5, 5.41) is 3.37. The molecule has 2 aliphatic carbocycles. The summed E-state index contributed by atoms with van der Waals surface area (Å²) in [7, 11) is 0. The summed E-state index contributed by atoms with van der Waals surface area (Å²) in [6.45, 7) is 0. The lowest BCUT2D eigenvalue weighted by Crippen LogP contribution is -2.26. The molecule has 3 atom stereocenters. The van der Waals surface area contributed by atoms with E-state index in [9.17, 15) is 4.39 Å². The standard InChI is InChI=1S/C13H16FN/c14-11-3-1-2-4-12(11)15-13-8-9-5-6-10(13)7-9/h1-4,9-10,13,15H,5-8H2/t9-,10+,13+/m0/s1. The van der Waals surface area contributed by atoms with E-state index in [0.717, 1.165) is 11.8 Å². The highest BCUT2D eigenvalue weighted by molar-refractivity contribution is 5.45. The van der Waals surface area contributed by atoms with Crippen molar-refractivity contribution in [3.05, 3.63) is 30.1 Å². The summed E-state index contributed by atoms with van der Waals surface area (Å²) < 4.78 is 13.4. The van der Waals surface area contributed by atoms with Crippen molar-refractivity contribution in [2.75, 3.05) is 5.32 Å². The minimum atomic E-state index is -0.125. The first kappa shape index (κ1) is 9.20. The SMILES string of the molecule is Fc1ccccc1N[C@@H]1C[C@H]2CC[C@@H]1C2. The van der Waals surface area contributed by atoms with Gasteiger partial charge >= 0.3 is 0 Å². The van der Waals surface area contributed by atoms with E-state index in [-0.39, 0.29) is 5.82 Å². The molecule has 0 amide bonds. The molecule has 15 heavy (non-hydrogen) atoms. The fraction of sp³-hybridized carbons (Fsp3) is 0.538. The third-order valence-electron chi connectivity index (χ3n) is 3.95. The van der Waals surface area contributed by atoms with Crippen molar-refractivity contribution in [2.24, 2.45) is 11.8 Å². The Bertz CT molecular complexity index is 363. The van der Waals surface area contributed by atoms with Crippen LogP contribution in [0.25, 0.3) is 0 Å². The molecule has 0 radical (unpaired) electrons. The maximum Gasteiger partial charge on any atom is 0.146 e. The predicted octanol–water partition coefficient (Wildman–Crippen LogP) is 3.43. The van der Waals surface area contributed by atoms with Crippen molar-refractivity contribution in [2.45, 2.75) is 31.7 Å². The Hall–Kier alpha value is -1.05. The molecule has 0 unspecified atom stereocenters. The quantitative estimate of drug-likeness (QED) is 0.780. The highest BCUT2D eigenvalue weighted by Gasteiger charge is 2.39. The van der Waals surface area contributed by atoms with E-state index in [2.05, 4.69) is 5.32 Å². The van der Waals surface area contributed by atoms with Crippen molar-refractivity contribution >= 4 is 5.69 Å². The lowest BCUT2D eigenvalue weighted by atomic mass is 9.95. The Morgan fingerprint density at radius 2 is 2.00 bits per heavy atom. The van der Waals surface area contributed by atoms with Crippen LogP contribution in [-0.2, 0) is 0 Å². The molecular formula is C13H16FN. The third kappa shape index (κ3) is 1.62. The van der Waals surface area contributed by atoms with Crippen LogP contribution >= 0.6 is 0 Å². The third-order valence-corrected chi connectivity index (χ3v) is 3.95. The normalized spacial score (nSPS) is 33.3. The van der Waals surface area contributed by atoms with Crippen molar-refractivity contribution < 1.29 is 4.39 Å². The Balaban J connectivity index is 1.73. The zero-order chi connectivity index (χ0) is 10.3. The minimum Gasteiger partial charge on any atom is -0.380 e. The number of benzene rings is 1. The van der Waals surface area contributed by atoms with Crippen LogP contribution in [0.4, 0.5) is 10.1 Å². The highest BCUT2D eigenvalue weighted by Crippen LogP contribution is 2.45. The summed E-state index contributed by atoms with van der Waals surface area (Å²) in [6, 6.07) is 7.50. The van der Waals surface area contributed by atoms with Gasteiger partial charge in [-0.15, -0.1) is 0 Å². The molecule has 2 fully saturated rings. The first-order valence-corrected chi connectivity index (χ1v) is 5.84. The topological polar surface area (TPSA) is 12.0 Å². The van der Waals surface area contributed by atoms with Gasteiger partial charge in [-0.3, -0.25) is 0 Å². The zero-order valence-corrected chi connectivity index (χ0v) is 8.75. The number of hydrogen-bond acceptors (Lipinski definition) is 1. The molecule has 0 spiro atoms. The monoisotopic (exact) mass is 205 g/mol. The molecule has 2 saturated carbocycles. The molecule has 2 aliphatic rings. The molecule has 1 nitrogen and oxygen atoms in total. The van der Waals surface area contributed by atoms with Gasteiger partial charge in [-0.2, -0.15) is 0 Å². The number of hydrogen-bond donors (Lipinski definition) is 1. The summed E-state index contributed by atoms with van der Waals surface area (Å²) >= 11 is 0. The van der Waals surface area contributed by atoms with Gasteiger partial charge in [-0.05, 0) is 43.2 Å². The fourth-order valence-corrected chi connectivity index (χ4v) is 3.20. The van der Waals surface area contributed by atoms with E-state index in [1.54, 1.807) is 6.07 Å². The van der Waals surface area contributed by atoms with Gasteiger partial charge in [0.15, 0.2) is 0 Å². The number of nitrogens with one attached hydrogen (secondary N) is 1. The molecule has 0 heterocycles. The van der Waals surface area contributed by atoms with Crippen molar-refractivity contribution in [1.29, 1.82) is 0 Å². The van der Waals surface area contributed by atoms with Crippen LogP contribution in [0.15, 0.2) is 24.3 Å². The largest absolute Gasteiger partial charge is 0.380 e. The number of para-hydroxylation sites is 1. The maximum absolute atomic E-state index is 13.4. The molecule has 1 aromatic carbocycles. The Kier molecular flexibility index (Phi) is 2.15. The second-order valence-corrected chi connectivity index (χ2v) is 4.91. The van der Waals surface area contributed by atoms with Gasteiger partial charge in [0.05, 0.1) is 5.69 Å². The summed E-state index contributed by atoms with van der Waals surface area (Å²) in [6.07, 6.45) is 5.31. The molecule has 1 aromatic rings. The second kappa shape index (κ2) is 3.51. The fourth-order valence-electron chi connectivity index (χ4n) is 3.20. The molecule has 2 heteroatoms. The molecule has 2 bridgehead atoms. The number of halogens is 1. The van der Waals surface area contributed by atoms with Crippen molar-refractivity contribution in [1.82, 2.24) is 0 Å². The van der Waals surface area contributed by atoms with Gasteiger partial charge in [0.1, 0.15) is 5.82 Å². The van der Waals surface area contributed by atoms with Crippen LogP contribution in [0.2, 0.25) is 0 Å². The molecule has 0 aliphatic heterocycles. The second-order valence-electron chi connectivity index (χ2n) is 4.91. The summed E-state index contributed by atoms with van der Waals surface area (Å²) in [5.74, 6) is 1.56. The lowest BCUT2D eigenvalue weighted by Gasteiger charge is -2.24. The Morgan fingerprint density at radius 3 is 2.67 bits per heavy atom. The molecule has 0 saturated heterocycles. The van der Waals surface area contributed by atoms with E-state index in [1.807, 2.05) is 12.1 Å². The van der Waals surface area contributed by atoms with Crippen LogP contribution in [-0.4, -0.2) is 6.04 Å². The minimum absolute atomic E-state index is 0.125. The molecule has 1 N–H and O–H groups in total. The van der Waals surface area contributed by atoms with Gasteiger partial charge in [0, 0.05) is 6.04 Å². The summed E-state index contributed by atoms with van der Waals surface area (Å²) in [5.41, 5.74) is 0.676. The van der Waals surface area contributed by atoms with Crippen LogP contribution < -0.4 is 5.32 Å². The average Bonchev–Trinajstić information content (AvgIpc) is 2.83. The van der Waals surface area contributed by atoms with E-state index >= 15 is 0 Å². The van der Waals surface area contributed by atoms with Crippen molar-refractivity contribution in [3.63, 3.8) is 0 Å². The van der Waals surface area contributed by atoms with E-state index in [1.165, 1.54) is 31.7 Å². The number of fused-ring (bicyclic) bond motifs is 2. The zero-order valence-electron chi connectivity index (χ0n) is 8.75. The van der Waals surface area contributed by atoms with Crippen LogP contribution in [0.1, 0.15) is 25.7 Å². The first-order valence-electron chi connectivity index (χ1n) is 5.84. The van der Waals surface area contributed by atoms with E-state index in [4.69, 9.17) is 0 Å². The van der Waals surface area contributed by atoms with Gasteiger partial charge in [-0.1, -0.05) is 18.6 Å². The van der Waals surface area contributed by atoms with E-state index < -0.39 is 0 Å². The number of anilines is 1. The van der Waals surface area contributed by atoms with Crippen LogP contribution in [0.3, 0.4) is 0 Å². The van der Waals surface area contributed by atoms with E-state index in [0.29, 0.717) is 11.7 Å². The van der Waals surface area contributed by atoms with Crippen LogP contribution in [0.5, 0.6) is 0 Å². The maximum atomic E-state index is 13.4. The van der Waals surface area contributed by atoms with Gasteiger partial charge in [0.2, 0.25) is 0 Å².